The lowest BCUT2D eigenvalue weighted by Crippen LogP contribution is -2.49. The number of aliphatic carboxylic acids is 1. The second kappa shape index (κ2) is 9.62. The number of ether oxygens (including phenoxy) is 1. The number of fused-ring (bicyclic) bond motifs is 3. The van der Waals surface area contributed by atoms with Gasteiger partial charge in [-0.3, -0.25) is 4.79 Å². The predicted molar refractivity (Wildman–Crippen MR) is 121 cm³/mol. The summed E-state index contributed by atoms with van der Waals surface area (Å²) in [6.45, 7) is 1.53. The van der Waals surface area contributed by atoms with E-state index in [4.69, 9.17) is 9.84 Å². The molecular weight excluding hydrogens is 424 g/mol. The number of alkyl carbamates (subject to hydrolysis) is 1. The molecule has 1 saturated carbocycles. The summed E-state index contributed by atoms with van der Waals surface area (Å²) < 4.78 is 5.56. The molecule has 0 aliphatic heterocycles. The maximum absolute atomic E-state index is 12.5. The van der Waals surface area contributed by atoms with Crippen molar-refractivity contribution >= 4 is 18.0 Å². The number of hydrogen-bond donors (Lipinski definition) is 4. The van der Waals surface area contributed by atoms with E-state index in [1.807, 2.05) is 24.3 Å². The lowest BCUT2D eigenvalue weighted by Gasteiger charge is -2.20. The zero-order chi connectivity index (χ0) is 23.5. The second-order valence-corrected chi connectivity index (χ2v) is 8.74. The summed E-state index contributed by atoms with van der Waals surface area (Å²) in [6.07, 6.45) is -0.235. The van der Waals surface area contributed by atoms with Gasteiger partial charge in [-0.1, -0.05) is 48.5 Å². The van der Waals surface area contributed by atoms with Crippen molar-refractivity contribution in [2.24, 2.45) is 5.92 Å². The molecule has 1 fully saturated rings. The number of aliphatic hydroxyl groups excluding tert-OH is 1. The van der Waals surface area contributed by atoms with E-state index in [0.717, 1.165) is 22.3 Å². The third-order valence-corrected chi connectivity index (χ3v) is 6.52. The summed E-state index contributed by atoms with van der Waals surface area (Å²) in [5.74, 6) is -2.17. The Morgan fingerprint density at radius 1 is 1.03 bits per heavy atom. The topological polar surface area (TPSA) is 125 Å². The zero-order valence-corrected chi connectivity index (χ0v) is 18.4. The van der Waals surface area contributed by atoms with Crippen molar-refractivity contribution in [2.45, 2.75) is 50.3 Å². The zero-order valence-electron chi connectivity index (χ0n) is 18.4. The van der Waals surface area contributed by atoms with E-state index in [1.165, 1.54) is 6.92 Å². The van der Waals surface area contributed by atoms with Crippen LogP contribution < -0.4 is 10.6 Å². The van der Waals surface area contributed by atoms with Gasteiger partial charge >= 0.3 is 12.1 Å². The SMILES string of the molecule is C[C@@H](O)[C@H](NC(=O)[C@@H]1CC[C@H](NC(=O)OCC2c3ccccc3-c3ccccc32)C1)C(=O)O. The lowest BCUT2D eigenvalue weighted by molar-refractivity contribution is -0.145. The van der Waals surface area contributed by atoms with Gasteiger partial charge in [0.25, 0.3) is 0 Å². The summed E-state index contributed by atoms with van der Waals surface area (Å²) >= 11 is 0. The molecule has 0 heterocycles. The predicted octanol–water partition coefficient (Wildman–Crippen LogP) is 2.64. The Morgan fingerprint density at radius 2 is 1.64 bits per heavy atom. The van der Waals surface area contributed by atoms with Gasteiger partial charge in [0.05, 0.1) is 6.10 Å². The monoisotopic (exact) mass is 452 g/mol. The molecule has 0 bridgehead atoms. The molecule has 2 amide bonds. The van der Waals surface area contributed by atoms with Crippen LogP contribution in [0.1, 0.15) is 43.2 Å². The fourth-order valence-electron chi connectivity index (χ4n) is 4.82. The molecule has 8 nitrogen and oxygen atoms in total. The summed E-state index contributed by atoms with van der Waals surface area (Å²) in [7, 11) is 0. The number of hydrogen-bond acceptors (Lipinski definition) is 5. The van der Waals surface area contributed by atoms with Crippen LogP contribution in [0, 0.1) is 5.92 Å². The largest absolute Gasteiger partial charge is 0.480 e. The molecule has 0 radical (unpaired) electrons. The molecule has 4 rings (SSSR count). The first-order valence-corrected chi connectivity index (χ1v) is 11.2. The number of carboxylic acid groups (broad SMARTS) is 1. The van der Waals surface area contributed by atoms with Crippen molar-refractivity contribution in [3.05, 3.63) is 59.7 Å². The van der Waals surface area contributed by atoms with E-state index >= 15 is 0 Å². The molecule has 33 heavy (non-hydrogen) atoms. The van der Waals surface area contributed by atoms with Crippen molar-refractivity contribution in [3.63, 3.8) is 0 Å². The van der Waals surface area contributed by atoms with Crippen molar-refractivity contribution in [3.8, 4) is 11.1 Å². The first-order valence-electron chi connectivity index (χ1n) is 11.2. The molecule has 2 aromatic rings. The Kier molecular flexibility index (Phi) is 6.65. The number of carbonyl (C=O) groups excluding carboxylic acids is 2. The van der Waals surface area contributed by atoms with Crippen LogP contribution in [0.5, 0.6) is 0 Å². The Bertz CT molecular complexity index is 1010. The number of aliphatic hydroxyl groups is 1. The van der Waals surface area contributed by atoms with E-state index in [2.05, 4.69) is 34.9 Å². The number of nitrogens with one attached hydrogen (secondary N) is 2. The van der Waals surface area contributed by atoms with Gasteiger partial charge < -0.3 is 25.6 Å². The Morgan fingerprint density at radius 3 is 2.21 bits per heavy atom. The molecule has 8 heteroatoms. The molecule has 2 aromatic carbocycles. The van der Waals surface area contributed by atoms with Crippen LogP contribution in [0.2, 0.25) is 0 Å². The van der Waals surface area contributed by atoms with Gasteiger partial charge in [0, 0.05) is 17.9 Å². The summed E-state index contributed by atoms with van der Waals surface area (Å²) in [5, 5.41) is 23.9. The van der Waals surface area contributed by atoms with Gasteiger partial charge in [0.15, 0.2) is 6.04 Å². The van der Waals surface area contributed by atoms with Crippen molar-refractivity contribution in [1.29, 1.82) is 0 Å². The molecular formula is C25H28N2O6. The fraction of sp³-hybridized carbons (Fsp3) is 0.400. The van der Waals surface area contributed by atoms with Gasteiger partial charge in [0.2, 0.25) is 5.91 Å². The van der Waals surface area contributed by atoms with Crippen molar-refractivity contribution in [2.75, 3.05) is 6.61 Å². The van der Waals surface area contributed by atoms with Crippen LogP contribution in [-0.4, -0.2) is 53.0 Å². The molecule has 0 aromatic heterocycles. The number of carboxylic acids is 1. The summed E-state index contributed by atoms with van der Waals surface area (Å²) in [6, 6.07) is 14.6. The number of carbonyl (C=O) groups is 3. The first-order chi connectivity index (χ1) is 15.8. The number of benzene rings is 2. The van der Waals surface area contributed by atoms with Gasteiger partial charge in [0.1, 0.15) is 6.61 Å². The highest BCUT2D eigenvalue weighted by Crippen LogP contribution is 2.44. The molecule has 4 atom stereocenters. The van der Waals surface area contributed by atoms with E-state index in [1.54, 1.807) is 0 Å². The molecule has 174 valence electrons. The highest BCUT2D eigenvalue weighted by atomic mass is 16.5. The molecule has 0 saturated heterocycles. The van der Waals surface area contributed by atoms with E-state index in [0.29, 0.717) is 19.3 Å². The maximum atomic E-state index is 12.5. The van der Waals surface area contributed by atoms with Gasteiger partial charge in [-0.2, -0.15) is 0 Å². The normalized spacial score (nSPS) is 20.9. The average Bonchev–Trinajstić information content (AvgIpc) is 3.38. The molecule has 2 aliphatic carbocycles. The summed E-state index contributed by atoms with van der Waals surface area (Å²) in [5.41, 5.74) is 4.58. The minimum atomic E-state index is -1.35. The van der Waals surface area contributed by atoms with Crippen LogP contribution in [0.25, 0.3) is 11.1 Å². The third kappa shape index (κ3) is 4.85. The van der Waals surface area contributed by atoms with Crippen LogP contribution in [-0.2, 0) is 14.3 Å². The smallest absolute Gasteiger partial charge is 0.407 e. The quantitative estimate of drug-likeness (QED) is 0.512. The Balaban J connectivity index is 1.30. The Hall–Kier alpha value is -3.39. The summed E-state index contributed by atoms with van der Waals surface area (Å²) in [4.78, 5) is 36.1. The van der Waals surface area contributed by atoms with Gasteiger partial charge in [-0.15, -0.1) is 0 Å². The minimum absolute atomic E-state index is 0.0290. The maximum Gasteiger partial charge on any atom is 0.407 e. The third-order valence-electron chi connectivity index (χ3n) is 6.52. The standard InChI is InChI=1S/C25H28N2O6/c1-14(28)22(24(30)31)27-23(29)15-10-11-16(12-15)26-25(32)33-13-21-19-8-4-2-6-17(19)18-7-3-5-9-20(18)21/h2-9,14-16,21-22,28H,10-13H2,1H3,(H,26,32)(H,27,29)(H,30,31)/t14-,15-,16+,22+/m1/s1. The molecule has 2 aliphatic rings. The van der Waals surface area contributed by atoms with Gasteiger partial charge in [-0.05, 0) is 48.4 Å². The highest BCUT2D eigenvalue weighted by molar-refractivity contribution is 5.85. The average molecular weight is 453 g/mol. The van der Waals surface area contributed by atoms with Crippen LogP contribution in [0.3, 0.4) is 0 Å². The van der Waals surface area contributed by atoms with E-state index in [-0.39, 0.29) is 18.6 Å². The van der Waals surface area contributed by atoms with Crippen LogP contribution >= 0.6 is 0 Å². The number of amides is 2. The highest BCUT2D eigenvalue weighted by Gasteiger charge is 2.35. The minimum Gasteiger partial charge on any atom is -0.480 e. The van der Waals surface area contributed by atoms with E-state index < -0.39 is 36.0 Å². The van der Waals surface area contributed by atoms with Crippen molar-refractivity contribution < 1.29 is 29.3 Å². The molecule has 4 N–H and O–H groups in total. The second-order valence-electron chi connectivity index (χ2n) is 8.74. The first kappa shape index (κ1) is 22.8. The molecule has 0 unspecified atom stereocenters. The van der Waals surface area contributed by atoms with E-state index in [9.17, 15) is 19.5 Å². The fourth-order valence-corrected chi connectivity index (χ4v) is 4.82. The van der Waals surface area contributed by atoms with Crippen molar-refractivity contribution in [1.82, 2.24) is 10.6 Å². The lowest BCUT2D eigenvalue weighted by atomic mass is 9.98. The Labute approximate surface area is 192 Å². The van der Waals surface area contributed by atoms with Gasteiger partial charge in [-0.25, -0.2) is 9.59 Å². The number of rotatable bonds is 7. The van der Waals surface area contributed by atoms with Crippen LogP contribution in [0.4, 0.5) is 4.79 Å². The van der Waals surface area contributed by atoms with Crippen LogP contribution in [0.15, 0.2) is 48.5 Å². The molecule has 0 spiro atoms.